The van der Waals surface area contributed by atoms with Gasteiger partial charge in [0.25, 0.3) is 10.0 Å². The van der Waals surface area contributed by atoms with E-state index in [2.05, 4.69) is 35.8 Å². The minimum absolute atomic E-state index is 0.0422. The van der Waals surface area contributed by atoms with E-state index in [4.69, 9.17) is 0 Å². The predicted molar refractivity (Wildman–Crippen MR) is 103 cm³/mol. The lowest BCUT2D eigenvalue weighted by Crippen LogP contribution is -2.16. The summed E-state index contributed by atoms with van der Waals surface area (Å²) in [5.41, 5.74) is 3.78. The number of aryl methyl sites for hydroxylation is 1. The summed E-state index contributed by atoms with van der Waals surface area (Å²) in [5.74, 6) is 1.78. The molecule has 132 valence electrons. The molecule has 2 aromatic rings. The van der Waals surface area contributed by atoms with Crippen LogP contribution in [-0.4, -0.2) is 27.6 Å². The van der Waals surface area contributed by atoms with Crippen molar-refractivity contribution < 1.29 is 18.3 Å². The topological polar surface area (TPSA) is 83.5 Å². The molecule has 25 heavy (non-hydrogen) atoms. The van der Waals surface area contributed by atoms with Gasteiger partial charge in [-0.3, -0.25) is 4.72 Å². The van der Waals surface area contributed by atoms with Crippen LogP contribution in [0.2, 0.25) is 19.6 Å². The van der Waals surface area contributed by atoms with Crippen molar-refractivity contribution in [1.29, 1.82) is 0 Å². The van der Waals surface area contributed by atoms with Crippen molar-refractivity contribution in [2.24, 2.45) is 0 Å². The number of benzene rings is 1. The van der Waals surface area contributed by atoms with Gasteiger partial charge in [-0.1, -0.05) is 43.8 Å². The van der Waals surface area contributed by atoms with Crippen molar-refractivity contribution in [2.75, 3.05) is 4.72 Å². The number of thiophene rings is 1. The summed E-state index contributed by atoms with van der Waals surface area (Å²) in [5, 5.41) is 9.37. The number of carboxylic acid groups (broad SMARTS) is 1. The summed E-state index contributed by atoms with van der Waals surface area (Å²) in [7, 11) is -5.50. The van der Waals surface area contributed by atoms with E-state index in [0.29, 0.717) is 10.4 Å². The molecule has 0 atom stereocenters. The third-order valence-corrected chi connectivity index (χ3v) is 6.55. The summed E-state index contributed by atoms with van der Waals surface area (Å²) in [6.07, 6.45) is 0. The minimum atomic E-state index is -3.88. The number of carbonyl (C=O) groups is 1. The predicted octanol–water partition coefficient (Wildman–Crippen LogP) is 3.78. The molecule has 0 saturated heterocycles. The first kappa shape index (κ1) is 19.2. The molecule has 0 unspecified atom stereocenters. The van der Waals surface area contributed by atoms with E-state index < -0.39 is 24.1 Å². The third kappa shape index (κ3) is 4.95. The molecule has 2 N–H and O–H groups in total. The van der Waals surface area contributed by atoms with Crippen LogP contribution in [0.15, 0.2) is 35.2 Å². The molecule has 0 aliphatic heterocycles. The molecule has 0 aliphatic rings. The molecule has 2 rings (SSSR count). The zero-order chi connectivity index (χ0) is 18.8. The third-order valence-electron chi connectivity index (χ3n) is 3.11. The molecule has 0 radical (unpaired) electrons. The van der Waals surface area contributed by atoms with E-state index in [1.807, 2.05) is 0 Å². The molecule has 0 saturated carbocycles. The highest BCUT2D eigenvalue weighted by atomic mass is 32.2. The minimum Gasteiger partial charge on any atom is -0.477 e. The van der Waals surface area contributed by atoms with Gasteiger partial charge in [0.15, 0.2) is 0 Å². The fourth-order valence-corrected chi connectivity index (χ4v) is 4.78. The summed E-state index contributed by atoms with van der Waals surface area (Å²) < 4.78 is 27.6. The van der Waals surface area contributed by atoms with E-state index >= 15 is 0 Å². The zero-order valence-corrected chi connectivity index (χ0v) is 17.0. The summed E-state index contributed by atoms with van der Waals surface area (Å²) in [6.45, 7) is 7.92. The van der Waals surface area contributed by atoms with E-state index in [0.717, 1.165) is 11.3 Å². The van der Waals surface area contributed by atoms with Crippen molar-refractivity contribution in [3.63, 3.8) is 0 Å². The van der Waals surface area contributed by atoms with Crippen LogP contribution in [0.1, 0.15) is 20.1 Å². The van der Waals surface area contributed by atoms with Crippen molar-refractivity contribution in [2.45, 2.75) is 31.5 Å². The van der Waals surface area contributed by atoms with Gasteiger partial charge in [0.1, 0.15) is 13.0 Å². The molecule has 0 aliphatic carbocycles. The number of rotatable bonds is 4. The van der Waals surface area contributed by atoms with Crippen molar-refractivity contribution >= 4 is 41.1 Å². The molecule has 0 amide bonds. The van der Waals surface area contributed by atoms with E-state index in [1.54, 1.807) is 25.1 Å². The molecule has 1 aromatic heterocycles. The van der Waals surface area contributed by atoms with Crippen LogP contribution in [0.25, 0.3) is 0 Å². The van der Waals surface area contributed by atoms with Crippen LogP contribution in [0, 0.1) is 18.4 Å². The van der Waals surface area contributed by atoms with Crippen molar-refractivity contribution in [3.8, 4) is 11.5 Å². The smallest absolute Gasteiger partial charge is 0.348 e. The van der Waals surface area contributed by atoms with Gasteiger partial charge < -0.3 is 5.11 Å². The molecule has 0 bridgehead atoms. The second kappa shape index (κ2) is 7.04. The van der Waals surface area contributed by atoms with Gasteiger partial charge in [0.05, 0.1) is 15.5 Å². The van der Waals surface area contributed by atoms with Gasteiger partial charge in [0.2, 0.25) is 0 Å². The maximum absolute atomic E-state index is 12.6. The lowest BCUT2D eigenvalue weighted by molar-refractivity contribution is 0.0703. The summed E-state index contributed by atoms with van der Waals surface area (Å²) >= 11 is 0.971. The van der Waals surface area contributed by atoms with Crippen LogP contribution in [0.5, 0.6) is 0 Å². The number of nitrogens with one attached hydrogen (secondary N) is 1. The largest absolute Gasteiger partial charge is 0.477 e. The Labute approximate surface area is 152 Å². The number of anilines is 1. The average molecular weight is 394 g/mol. The van der Waals surface area contributed by atoms with Crippen LogP contribution >= 0.6 is 11.3 Å². The molecule has 8 heteroatoms. The first-order valence-corrected chi connectivity index (χ1v) is 13.3. The Balaban J connectivity index is 2.45. The first-order chi connectivity index (χ1) is 11.5. The van der Waals surface area contributed by atoms with Gasteiger partial charge >= 0.3 is 5.97 Å². The highest BCUT2D eigenvalue weighted by Crippen LogP contribution is 2.29. The molecule has 0 fully saturated rings. The van der Waals surface area contributed by atoms with E-state index in [1.165, 1.54) is 12.1 Å². The van der Waals surface area contributed by atoms with Gasteiger partial charge in [-0.05, 0) is 24.6 Å². The molecule has 5 nitrogen and oxygen atoms in total. The fraction of sp³-hybridized carbons (Fsp3) is 0.235. The van der Waals surface area contributed by atoms with Crippen LogP contribution in [-0.2, 0) is 10.0 Å². The Bertz CT molecular complexity index is 976. The second-order valence-electron chi connectivity index (χ2n) is 6.53. The van der Waals surface area contributed by atoms with Gasteiger partial charge in [-0.2, -0.15) is 0 Å². The normalized spacial score (nSPS) is 11.5. The quantitative estimate of drug-likeness (QED) is 0.611. The van der Waals surface area contributed by atoms with Crippen LogP contribution in [0.4, 0.5) is 5.69 Å². The number of hydrogen-bond donors (Lipinski definition) is 2. The van der Waals surface area contributed by atoms with Crippen LogP contribution < -0.4 is 4.72 Å². The van der Waals surface area contributed by atoms with Crippen molar-refractivity contribution in [3.05, 3.63) is 45.6 Å². The molecule has 1 heterocycles. The molecular formula is C17H19NO4S2Si. The monoisotopic (exact) mass is 393 g/mol. The average Bonchev–Trinajstić information content (AvgIpc) is 2.87. The van der Waals surface area contributed by atoms with Crippen LogP contribution in [0.3, 0.4) is 0 Å². The van der Waals surface area contributed by atoms with E-state index in [-0.39, 0.29) is 15.5 Å². The zero-order valence-electron chi connectivity index (χ0n) is 14.4. The molecule has 0 spiro atoms. The maximum Gasteiger partial charge on any atom is 0.348 e. The number of sulfonamides is 1. The summed E-state index contributed by atoms with van der Waals surface area (Å²) in [6, 6.07) is 8.02. The highest BCUT2D eigenvalue weighted by Gasteiger charge is 2.22. The Hall–Kier alpha value is -2.08. The Morgan fingerprint density at radius 3 is 2.44 bits per heavy atom. The van der Waals surface area contributed by atoms with Gasteiger partial charge in [-0.25, -0.2) is 13.2 Å². The number of hydrogen-bond acceptors (Lipinski definition) is 4. The molecule has 1 aromatic carbocycles. The Morgan fingerprint density at radius 1 is 1.24 bits per heavy atom. The fourth-order valence-electron chi connectivity index (χ4n) is 1.99. The standard InChI is InChI=1S/C17H19NO4S2Si/c1-12-7-5-6-8-15(12)24(21,22)18-14-11-13(9-10-25(2,3)4)23-16(14)17(19)20/h5-8,11,18H,1-4H3,(H,19,20). The molecular weight excluding hydrogens is 374 g/mol. The first-order valence-electron chi connectivity index (χ1n) is 7.48. The lowest BCUT2D eigenvalue weighted by Gasteiger charge is -2.09. The summed E-state index contributed by atoms with van der Waals surface area (Å²) in [4.78, 5) is 12.0. The number of aromatic carboxylic acids is 1. The van der Waals surface area contributed by atoms with Gasteiger partial charge in [0, 0.05) is 0 Å². The Morgan fingerprint density at radius 2 is 1.88 bits per heavy atom. The second-order valence-corrected chi connectivity index (χ2v) is 14.0. The SMILES string of the molecule is Cc1ccccc1S(=O)(=O)Nc1cc(C#C[Si](C)(C)C)sc1C(=O)O. The van der Waals surface area contributed by atoms with Crippen molar-refractivity contribution in [1.82, 2.24) is 0 Å². The highest BCUT2D eigenvalue weighted by molar-refractivity contribution is 7.92. The lowest BCUT2D eigenvalue weighted by atomic mass is 10.2. The van der Waals surface area contributed by atoms with Gasteiger partial charge in [-0.15, -0.1) is 16.9 Å². The number of carboxylic acids is 1. The Kier molecular flexibility index (Phi) is 5.42. The van der Waals surface area contributed by atoms with E-state index in [9.17, 15) is 18.3 Å². The maximum atomic E-state index is 12.6.